The Morgan fingerprint density at radius 3 is 1.94 bits per heavy atom. The molecule has 1 fully saturated rings. The summed E-state index contributed by atoms with van der Waals surface area (Å²) in [5.41, 5.74) is -1.63. The van der Waals surface area contributed by atoms with Crippen LogP contribution in [0.5, 0.6) is 0 Å². The molecule has 1 aromatic heterocycles. The van der Waals surface area contributed by atoms with E-state index < -0.39 is 31.8 Å². The van der Waals surface area contributed by atoms with Crippen molar-refractivity contribution in [3.05, 3.63) is 44.6 Å². The first-order chi connectivity index (χ1) is 15.8. The molecule has 0 radical (unpaired) electrons. The van der Waals surface area contributed by atoms with Crippen molar-refractivity contribution in [2.45, 2.75) is 77.1 Å². The second-order valence-corrected chi connectivity index (χ2v) is 18.0. The minimum atomic E-state index is -4.87. The van der Waals surface area contributed by atoms with E-state index >= 15 is 0 Å². The predicted octanol–water partition coefficient (Wildman–Crippen LogP) is 7.54. The summed E-state index contributed by atoms with van der Waals surface area (Å²) in [4.78, 5) is 1.88. The van der Waals surface area contributed by atoms with Crippen LogP contribution in [0.3, 0.4) is 0 Å². The number of benzene rings is 1. The van der Waals surface area contributed by atoms with Gasteiger partial charge in [0.2, 0.25) is 0 Å². The van der Waals surface area contributed by atoms with Crippen molar-refractivity contribution in [1.82, 2.24) is 0 Å². The summed E-state index contributed by atoms with van der Waals surface area (Å²) in [6.45, 7) is 15.3. The summed E-state index contributed by atoms with van der Waals surface area (Å²) in [6.07, 6.45) is -9.95. The van der Waals surface area contributed by atoms with Crippen molar-refractivity contribution in [3.8, 4) is 0 Å². The second kappa shape index (κ2) is 9.75. The maximum Gasteiger partial charge on any atom is 0.416 e. The van der Waals surface area contributed by atoms with Crippen LogP contribution in [0.15, 0.2) is 18.2 Å². The third kappa shape index (κ3) is 6.32. The molecular formula is C24H31F6O2PSSi. The summed E-state index contributed by atoms with van der Waals surface area (Å²) in [5.74, 6) is -0.121. The Morgan fingerprint density at radius 2 is 1.46 bits per heavy atom. The van der Waals surface area contributed by atoms with Crippen LogP contribution >= 0.6 is 19.9 Å². The van der Waals surface area contributed by atoms with E-state index in [1.54, 1.807) is 0 Å². The standard InChI is InChI=1S/C24H31F6O2PSSi/c1-13-20(18-11-31-12-19(18)32-35(6,7)22(3,4)5)21(14(2)34-13)33-17-9-15(23(25,26)27)8-16(10-17)24(28,29)30/h8-10,18-19,33H,11-12H2,1-7H3. The predicted molar refractivity (Wildman–Crippen MR) is 133 cm³/mol. The molecule has 196 valence electrons. The molecule has 2 heterocycles. The number of hydrogen-bond donors (Lipinski definition) is 0. The van der Waals surface area contributed by atoms with Crippen molar-refractivity contribution in [3.63, 3.8) is 0 Å². The fourth-order valence-corrected chi connectivity index (χ4v) is 8.15. The molecule has 1 aliphatic heterocycles. The van der Waals surface area contributed by atoms with Crippen molar-refractivity contribution < 1.29 is 35.5 Å². The second-order valence-electron chi connectivity index (χ2n) is 10.5. The average Bonchev–Trinajstić information content (AvgIpc) is 3.22. The fraction of sp³-hybridized carbons (Fsp3) is 0.583. The zero-order valence-electron chi connectivity index (χ0n) is 20.8. The van der Waals surface area contributed by atoms with Gasteiger partial charge in [-0.05, 0) is 66.4 Å². The minimum absolute atomic E-state index is 0.00933. The van der Waals surface area contributed by atoms with Crippen LogP contribution in [0.2, 0.25) is 18.1 Å². The topological polar surface area (TPSA) is 18.5 Å². The molecule has 3 rings (SSSR count). The number of aryl methyl sites for hydroxylation is 2. The van der Waals surface area contributed by atoms with Crippen LogP contribution in [0, 0.1) is 13.8 Å². The van der Waals surface area contributed by atoms with Gasteiger partial charge in [-0.3, -0.25) is 0 Å². The molecule has 0 amide bonds. The highest BCUT2D eigenvalue weighted by Gasteiger charge is 2.44. The Kier molecular flexibility index (Phi) is 7.97. The molecule has 1 saturated heterocycles. The lowest BCUT2D eigenvalue weighted by molar-refractivity contribution is -0.142. The van der Waals surface area contributed by atoms with E-state index in [0.29, 0.717) is 13.2 Å². The highest BCUT2D eigenvalue weighted by atomic mass is 32.1. The molecule has 0 aliphatic carbocycles. The summed E-state index contributed by atoms with van der Waals surface area (Å²) >= 11 is 1.51. The number of rotatable bonds is 5. The summed E-state index contributed by atoms with van der Waals surface area (Å²) in [5, 5.41) is 0.783. The molecule has 0 bridgehead atoms. The smallest absolute Gasteiger partial charge is 0.411 e. The van der Waals surface area contributed by atoms with Crippen LogP contribution in [0.25, 0.3) is 0 Å². The van der Waals surface area contributed by atoms with Gasteiger partial charge < -0.3 is 9.16 Å². The number of ether oxygens (including phenoxy) is 1. The van der Waals surface area contributed by atoms with Gasteiger partial charge in [-0.2, -0.15) is 26.3 Å². The van der Waals surface area contributed by atoms with Gasteiger partial charge in [0.05, 0.1) is 30.4 Å². The van der Waals surface area contributed by atoms with E-state index in [2.05, 4.69) is 33.9 Å². The van der Waals surface area contributed by atoms with E-state index in [4.69, 9.17) is 9.16 Å². The molecule has 0 N–H and O–H groups in total. The lowest BCUT2D eigenvalue weighted by Crippen LogP contribution is -2.45. The molecule has 0 saturated carbocycles. The van der Waals surface area contributed by atoms with E-state index in [1.165, 1.54) is 11.3 Å². The average molecular weight is 557 g/mol. The maximum atomic E-state index is 13.4. The number of halogens is 6. The number of thiophene rings is 1. The van der Waals surface area contributed by atoms with Gasteiger partial charge in [0.1, 0.15) is 0 Å². The zero-order chi connectivity index (χ0) is 26.6. The van der Waals surface area contributed by atoms with Crippen LogP contribution < -0.4 is 10.6 Å². The molecule has 2 aromatic rings. The highest BCUT2D eigenvalue weighted by molar-refractivity contribution is 7.56. The van der Waals surface area contributed by atoms with E-state index in [0.717, 1.165) is 32.8 Å². The zero-order valence-corrected chi connectivity index (χ0v) is 23.6. The molecule has 3 unspecified atom stereocenters. The van der Waals surface area contributed by atoms with Gasteiger partial charge in [-0.15, -0.1) is 11.3 Å². The van der Waals surface area contributed by atoms with Gasteiger partial charge >= 0.3 is 12.4 Å². The van der Waals surface area contributed by atoms with Crippen molar-refractivity contribution in [2.24, 2.45) is 0 Å². The summed E-state index contributed by atoms with van der Waals surface area (Å²) < 4.78 is 92.8. The number of alkyl halides is 6. The normalized spacial score (nSPS) is 20.4. The lowest BCUT2D eigenvalue weighted by atomic mass is 9.96. The molecule has 35 heavy (non-hydrogen) atoms. The monoisotopic (exact) mass is 556 g/mol. The lowest BCUT2D eigenvalue weighted by Gasteiger charge is -2.39. The maximum absolute atomic E-state index is 13.4. The highest BCUT2D eigenvalue weighted by Crippen LogP contribution is 2.43. The first-order valence-electron chi connectivity index (χ1n) is 11.2. The summed E-state index contributed by atoms with van der Waals surface area (Å²) in [7, 11) is -2.48. The first kappa shape index (κ1) is 28.6. The molecular weight excluding hydrogens is 525 g/mol. The SMILES string of the molecule is Cc1sc(C)c(C2COCC2O[Si](C)(C)C(C)(C)C)c1Pc1cc(C(F)(F)F)cc(C(F)(F)F)c1. The third-order valence-corrected chi connectivity index (χ3v) is 14.0. The van der Waals surface area contributed by atoms with E-state index in [-0.39, 0.29) is 37.0 Å². The Morgan fingerprint density at radius 1 is 0.914 bits per heavy atom. The largest absolute Gasteiger partial charge is 0.416 e. The number of hydrogen-bond acceptors (Lipinski definition) is 3. The molecule has 1 aliphatic rings. The Labute approximate surface area is 209 Å². The molecule has 3 atom stereocenters. The van der Waals surface area contributed by atoms with Gasteiger partial charge in [0.15, 0.2) is 8.32 Å². The van der Waals surface area contributed by atoms with Gasteiger partial charge in [0.25, 0.3) is 0 Å². The third-order valence-electron chi connectivity index (χ3n) is 6.82. The molecule has 0 spiro atoms. The van der Waals surface area contributed by atoms with Crippen LogP contribution in [0.4, 0.5) is 26.3 Å². The first-order valence-corrected chi connectivity index (χ1v) is 16.0. The Bertz CT molecular complexity index is 1040. The molecule has 1 aromatic carbocycles. The van der Waals surface area contributed by atoms with Crippen LogP contribution in [-0.4, -0.2) is 27.6 Å². The quantitative estimate of drug-likeness (QED) is 0.215. The van der Waals surface area contributed by atoms with Crippen molar-refractivity contribution in [1.29, 1.82) is 0 Å². The Balaban J connectivity index is 2.03. The van der Waals surface area contributed by atoms with Gasteiger partial charge in [0, 0.05) is 15.7 Å². The van der Waals surface area contributed by atoms with Gasteiger partial charge in [-0.1, -0.05) is 29.4 Å². The Hall–Kier alpha value is -0.933. The van der Waals surface area contributed by atoms with Crippen LogP contribution in [-0.2, 0) is 21.5 Å². The van der Waals surface area contributed by atoms with Crippen molar-refractivity contribution >= 4 is 38.8 Å². The molecule has 11 heteroatoms. The molecule has 2 nitrogen and oxygen atoms in total. The fourth-order valence-electron chi connectivity index (χ4n) is 3.95. The van der Waals surface area contributed by atoms with E-state index in [1.807, 2.05) is 13.8 Å². The van der Waals surface area contributed by atoms with E-state index in [9.17, 15) is 26.3 Å². The van der Waals surface area contributed by atoms with Crippen LogP contribution in [0.1, 0.15) is 53.1 Å². The van der Waals surface area contributed by atoms with Crippen molar-refractivity contribution in [2.75, 3.05) is 13.2 Å². The summed E-state index contributed by atoms with van der Waals surface area (Å²) in [6, 6.07) is 1.84. The van der Waals surface area contributed by atoms with Gasteiger partial charge in [-0.25, -0.2) is 0 Å². The minimum Gasteiger partial charge on any atom is -0.411 e.